The molecule has 0 saturated heterocycles. The summed E-state index contributed by atoms with van der Waals surface area (Å²) in [5.74, 6) is -3.28. The summed E-state index contributed by atoms with van der Waals surface area (Å²) in [6, 6.07) is 13.7. The van der Waals surface area contributed by atoms with E-state index in [9.17, 15) is 24.0 Å². The van der Waals surface area contributed by atoms with Crippen LogP contribution >= 0.6 is 0 Å². The van der Waals surface area contributed by atoms with Crippen LogP contribution in [0, 0.1) is 11.8 Å². The Hall–Kier alpha value is -4.41. The lowest BCUT2D eigenvalue weighted by molar-refractivity contribution is -0.150. The van der Waals surface area contributed by atoms with Crippen molar-refractivity contribution >= 4 is 29.8 Å². The molecule has 0 spiro atoms. The molecule has 0 unspecified atom stereocenters. The monoisotopic (exact) mass is 625 g/mol. The van der Waals surface area contributed by atoms with Gasteiger partial charge in [0.2, 0.25) is 0 Å². The van der Waals surface area contributed by atoms with Gasteiger partial charge in [-0.3, -0.25) is 9.59 Å². The minimum Gasteiger partial charge on any atom is -0.464 e. The van der Waals surface area contributed by atoms with Crippen molar-refractivity contribution in [3.63, 3.8) is 0 Å². The number of nitrogens with one attached hydrogen (secondary N) is 3. The van der Waals surface area contributed by atoms with Gasteiger partial charge in [-0.25, -0.2) is 14.4 Å². The lowest BCUT2D eigenvalue weighted by Crippen LogP contribution is -2.60. The van der Waals surface area contributed by atoms with Crippen LogP contribution in [0.2, 0.25) is 0 Å². The summed E-state index contributed by atoms with van der Waals surface area (Å²) in [5.41, 5.74) is 0.539. The van der Waals surface area contributed by atoms with Gasteiger partial charge in [-0.15, -0.1) is 0 Å². The highest BCUT2D eigenvalue weighted by Gasteiger charge is 2.36. The highest BCUT2D eigenvalue weighted by Crippen LogP contribution is 2.10. The number of rotatable bonds is 15. The van der Waals surface area contributed by atoms with Crippen molar-refractivity contribution in [2.45, 2.75) is 85.0 Å². The molecule has 2 atom stereocenters. The minimum atomic E-state index is -1.87. The van der Waals surface area contributed by atoms with E-state index in [1.165, 1.54) is 0 Å². The van der Waals surface area contributed by atoms with Gasteiger partial charge < -0.3 is 30.2 Å². The standard InChI is InChI=1S/C34H47N3O8/c1-22(2)20-43-31(40)26(18-24-14-10-8-11-15-24)35-29(38)28(37-33(42)45-34(5,6)7)30(39)36-27(32(41)44-21-23(3)4)19-25-16-12-9-13-17-25/h8-17,22-23,26-28H,18-21H2,1-7H3,(H,35,38)(H,36,39)(H,37,42)/t26-,27-/m0/s1. The maximum absolute atomic E-state index is 13.7. The highest BCUT2D eigenvalue weighted by molar-refractivity contribution is 6.08. The lowest BCUT2D eigenvalue weighted by atomic mass is 10.0. The normalized spacial score (nSPS) is 12.7. The largest absolute Gasteiger partial charge is 0.464 e. The van der Waals surface area contributed by atoms with Crippen LogP contribution in [0.1, 0.15) is 59.6 Å². The fourth-order valence-electron chi connectivity index (χ4n) is 3.97. The fraction of sp³-hybridized carbons (Fsp3) is 0.500. The molecule has 0 saturated carbocycles. The molecule has 0 radical (unpaired) electrons. The summed E-state index contributed by atoms with van der Waals surface area (Å²) < 4.78 is 16.1. The van der Waals surface area contributed by atoms with Crippen LogP contribution in [0.5, 0.6) is 0 Å². The maximum Gasteiger partial charge on any atom is 0.408 e. The molecular weight excluding hydrogens is 578 g/mol. The molecule has 3 N–H and O–H groups in total. The molecule has 246 valence electrons. The molecule has 0 aliphatic heterocycles. The van der Waals surface area contributed by atoms with E-state index in [4.69, 9.17) is 14.2 Å². The molecule has 0 bridgehead atoms. The molecule has 0 fully saturated rings. The van der Waals surface area contributed by atoms with E-state index in [0.29, 0.717) is 0 Å². The Labute approximate surface area is 265 Å². The van der Waals surface area contributed by atoms with Crippen molar-refractivity contribution in [2.75, 3.05) is 13.2 Å². The molecule has 0 aliphatic carbocycles. The van der Waals surface area contributed by atoms with Crippen molar-refractivity contribution in [3.05, 3.63) is 71.8 Å². The van der Waals surface area contributed by atoms with Gasteiger partial charge in [-0.2, -0.15) is 0 Å². The molecule has 0 aliphatic rings. The number of hydrogen-bond acceptors (Lipinski definition) is 8. The van der Waals surface area contributed by atoms with Crippen LogP contribution < -0.4 is 16.0 Å². The number of carbonyl (C=O) groups excluding carboxylic acids is 5. The second kappa shape index (κ2) is 17.8. The molecule has 0 aromatic heterocycles. The van der Waals surface area contributed by atoms with Crippen LogP contribution in [-0.2, 0) is 46.2 Å². The highest BCUT2D eigenvalue weighted by atomic mass is 16.6. The first kappa shape index (κ1) is 36.8. The first-order chi connectivity index (χ1) is 21.1. The Bertz CT molecular complexity index is 1180. The van der Waals surface area contributed by atoms with Gasteiger partial charge in [0.05, 0.1) is 13.2 Å². The Morgan fingerprint density at radius 3 is 1.33 bits per heavy atom. The fourth-order valence-corrected chi connectivity index (χ4v) is 3.97. The van der Waals surface area contributed by atoms with Crippen molar-refractivity contribution in [2.24, 2.45) is 11.8 Å². The smallest absolute Gasteiger partial charge is 0.408 e. The molecule has 2 aromatic rings. The van der Waals surface area contributed by atoms with Gasteiger partial charge in [0.25, 0.3) is 11.8 Å². The van der Waals surface area contributed by atoms with Gasteiger partial charge in [0, 0.05) is 12.8 Å². The Kier molecular flexibility index (Phi) is 14.5. The van der Waals surface area contributed by atoms with Crippen molar-refractivity contribution in [3.8, 4) is 0 Å². The molecule has 2 rings (SSSR count). The van der Waals surface area contributed by atoms with E-state index >= 15 is 0 Å². The van der Waals surface area contributed by atoms with Gasteiger partial charge in [0.15, 0.2) is 6.04 Å². The second-order valence-corrected chi connectivity index (χ2v) is 12.6. The van der Waals surface area contributed by atoms with Gasteiger partial charge >= 0.3 is 18.0 Å². The number of esters is 2. The summed E-state index contributed by atoms with van der Waals surface area (Å²) in [6.07, 6.45) is -0.896. The molecule has 2 aromatic carbocycles. The first-order valence-electron chi connectivity index (χ1n) is 15.2. The van der Waals surface area contributed by atoms with Crippen LogP contribution in [0.3, 0.4) is 0 Å². The van der Waals surface area contributed by atoms with Gasteiger partial charge in [0.1, 0.15) is 17.7 Å². The van der Waals surface area contributed by atoms with Crippen LogP contribution in [0.25, 0.3) is 0 Å². The molecule has 11 heteroatoms. The predicted octanol–water partition coefficient (Wildman–Crippen LogP) is 3.73. The van der Waals surface area contributed by atoms with Crippen LogP contribution in [0.15, 0.2) is 60.7 Å². The summed E-state index contributed by atoms with van der Waals surface area (Å²) in [6.45, 7) is 12.6. The summed E-state index contributed by atoms with van der Waals surface area (Å²) >= 11 is 0. The number of benzene rings is 2. The van der Waals surface area contributed by atoms with E-state index in [1.54, 1.807) is 69.3 Å². The SMILES string of the molecule is CC(C)COC(=O)[C@H](Cc1ccccc1)NC(=O)C(NC(=O)OC(C)(C)C)C(=O)N[C@@H](Cc1ccccc1)C(=O)OCC(C)C. The maximum atomic E-state index is 13.7. The minimum absolute atomic E-state index is 0.0476. The third-order valence-electron chi connectivity index (χ3n) is 6.07. The zero-order valence-electron chi connectivity index (χ0n) is 27.3. The molecular formula is C34H47N3O8. The van der Waals surface area contributed by atoms with Crippen LogP contribution in [0.4, 0.5) is 4.79 Å². The Balaban J connectivity index is 2.37. The molecule has 11 nitrogen and oxygen atoms in total. The Morgan fingerprint density at radius 2 is 1.00 bits per heavy atom. The van der Waals surface area contributed by atoms with E-state index < -0.39 is 53.6 Å². The lowest BCUT2D eigenvalue weighted by Gasteiger charge is -2.26. The third kappa shape index (κ3) is 14.3. The number of alkyl carbamates (subject to hydrolysis) is 1. The second-order valence-electron chi connectivity index (χ2n) is 12.6. The van der Waals surface area contributed by atoms with E-state index in [1.807, 2.05) is 39.8 Å². The molecule has 0 heterocycles. The van der Waals surface area contributed by atoms with Crippen molar-refractivity contribution < 1.29 is 38.2 Å². The number of carbonyl (C=O) groups is 5. The molecule has 45 heavy (non-hydrogen) atoms. The average molecular weight is 626 g/mol. The number of ether oxygens (including phenoxy) is 3. The van der Waals surface area contributed by atoms with E-state index in [0.717, 1.165) is 11.1 Å². The topological polar surface area (TPSA) is 149 Å². The predicted molar refractivity (Wildman–Crippen MR) is 169 cm³/mol. The quantitative estimate of drug-likeness (QED) is 0.154. The average Bonchev–Trinajstić information content (AvgIpc) is 2.96. The van der Waals surface area contributed by atoms with E-state index in [-0.39, 0.29) is 37.9 Å². The third-order valence-corrected chi connectivity index (χ3v) is 6.07. The van der Waals surface area contributed by atoms with Crippen LogP contribution in [-0.4, -0.2) is 66.8 Å². The Morgan fingerprint density at radius 1 is 0.622 bits per heavy atom. The zero-order chi connectivity index (χ0) is 33.6. The number of amides is 3. The van der Waals surface area contributed by atoms with Gasteiger partial charge in [-0.05, 0) is 43.7 Å². The summed E-state index contributed by atoms with van der Waals surface area (Å²) in [7, 11) is 0. The van der Waals surface area contributed by atoms with Crippen molar-refractivity contribution in [1.82, 2.24) is 16.0 Å². The first-order valence-corrected chi connectivity index (χ1v) is 15.2. The summed E-state index contributed by atoms with van der Waals surface area (Å²) in [5, 5.41) is 7.44. The van der Waals surface area contributed by atoms with Gasteiger partial charge in [-0.1, -0.05) is 88.4 Å². The number of hydrogen-bond donors (Lipinski definition) is 3. The molecule has 3 amide bonds. The van der Waals surface area contributed by atoms with E-state index in [2.05, 4.69) is 16.0 Å². The zero-order valence-corrected chi connectivity index (χ0v) is 27.3. The summed E-state index contributed by atoms with van der Waals surface area (Å²) in [4.78, 5) is 66.3. The van der Waals surface area contributed by atoms with Crippen molar-refractivity contribution in [1.29, 1.82) is 0 Å².